The van der Waals surface area contributed by atoms with E-state index in [0.717, 1.165) is 6.42 Å². The quantitative estimate of drug-likeness (QED) is 0.783. The van der Waals surface area contributed by atoms with E-state index in [2.05, 4.69) is 71.2 Å². The SMILES string of the molecule is CCC(NC)c1ccc(-c2ccc(I)cc2)s1. The summed E-state index contributed by atoms with van der Waals surface area (Å²) in [6, 6.07) is 13.6. The maximum absolute atomic E-state index is 3.35. The molecule has 1 unspecified atom stereocenters. The van der Waals surface area contributed by atoms with Crippen LogP contribution in [0.5, 0.6) is 0 Å². The highest BCUT2D eigenvalue weighted by Crippen LogP contribution is 2.32. The van der Waals surface area contributed by atoms with Crippen molar-refractivity contribution in [3.8, 4) is 10.4 Å². The zero-order chi connectivity index (χ0) is 12.3. The average molecular weight is 357 g/mol. The minimum atomic E-state index is 0.484. The predicted octanol–water partition coefficient (Wildman–Crippen LogP) is 4.69. The highest BCUT2D eigenvalue weighted by atomic mass is 127. The third kappa shape index (κ3) is 3.09. The number of nitrogens with one attached hydrogen (secondary N) is 1. The van der Waals surface area contributed by atoms with Crippen molar-refractivity contribution in [2.75, 3.05) is 7.05 Å². The molecule has 1 aromatic carbocycles. The Morgan fingerprint density at radius 2 is 1.88 bits per heavy atom. The Balaban J connectivity index is 2.26. The van der Waals surface area contributed by atoms with Gasteiger partial charge in [-0.25, -0.2) is 0 Å². The first-order valence-electron chi connectivity index (χ1n) is 5.77. The van der Waals surface area contributed by atoms with E-state index >= 15 is 0 Å². The predicted molar refractivity (Wildman–Crippen MR) is 84.6 cm³/mol. The highest BCUT2D eigenvalue weighted by Gasteiger charge is 2.10. The molecule has 0 aliphatic carbocycles. The molecule has 17 heavy (non-hydrogen) atoms. The van der Waals surface area contributed by atoms with Crippen LogP contribution in [0.25, 0.3) is 10.4 Å². The summed E-state index contributed by atoms with van der Waals surface area (Å²) < 4.78 is 1.28. The van der Waals surface area contributed by atoms with Crippen molar-refractivity contribution in [1.82, 2.24) is 5.32 Å². The van der Waals surface area contributed by atoms with Crippen molar-refractivity contribution in [3.05, 3.63) is 44.8 Å². The molecule has 0 aliphatic heterocycles. The first-order chi connectivity index (χ1) is 8.24. The zero-order valence-corrected chi connectivity index (χ0v) is 13.0. The van der Waals surface area contributed by atoms with E-state index in [1.165, 1.54) is 18.9 Å². The second-order valence-corrected chi connectivity index (χ2v) is 6.32. The Morgan fingerprint density at radius 3 is 2.47 bits per heavy atom. The van der Waals surface area contributed by atoms with Crippen LogP contribution in [0.1, 0.15) is 24.3 Å². The van der Waals surface area contributed by atoms with Crippen molar-refractivity contribution in [2.45, 2.75) is 19.4 Å². The molecule has 1 aromatic heterocycles. The van der Waals surface area contributed by atoms with Crippen molar-refractivity contribution in [3.63, 3.8) is 0 Å². The van der Waals surface area contributed by atoms with Crippen LogP contribution in [-0.4, -0.2) is 7.05 Å². The van der Waals surface area contributed by atoms with Gasteiger partial charge in [0.1, 0.15) is 0 Å². The lowest BCUT2D eigenvalue weighted by Gasteiger charge is -2.10. The van der Waals surface area contributed by atoms with Gasteiger partial charge >= 0.3 is 0 Å². The van der Waals surface area contributed by atoms with Crippen LogP contribution in [0.15, 0.2) is 36.4 Å². The fourth-order valence-electron chi connectivity index (χ4n) is 1.86. The fourth-order valence-corrected chi connectivity index (χ4v) is 3.42. The normalized spacial score (nSPS) is 12.6. The smallest absolute Gasteiger partial charge is 0.0409 e. The number of hydrogen-bond donors (Lipinski definition) is 1. The zero-order valence-electron chi connectivity index (χ0n) is 10.0. The Hall–Kier alpha value is -0.390. The summed E-state index contributed by atoms with van der Waals surface area (Å²) in [5.41, 5.74) is 1.31. The molecule has 0 spiro atoms. The van der Waals surface area contributed by atoms with E-state index in [0.29, 0.717) is 6.04 Å². The largest absolute Gasteiger partial charge is 0.312 e. The van der Waals surface area contributed by atoms with Gasteiger partial charge in [0.25, 0.3) is 0 Å². The van der Waals surface area contributed by atoms with E-state index < -0.39 is 0 Å². The van der Waals surface area contributed by atoms with Gasteiger partial charge in [-0.05, 0) is 65.9 Å². The summed E-state index contributed by atoms with van der Waals surface area (Å²) in [6.07, 6.45) is 1.13. The molecule has 0 fully saturated rings. The van der Waals surface area contributed by atoms with Gasteiger partial charge in [-0.2, -0.15) is 0 Å². The van der Waals surface area contributed by atoms with Crippen LogP contribution in [0, 0.1) is 3.57 Å². The van der Waals surface area contributed by atoms with Gasteiger partial charge in [-0.15, -0.1) is 11.3 Å². The van der Waals surface area contributed by atoms with Crippen LogP contribution < -0.4 is 5.32 Å². The molecule has 0 amide bonds. The summed E-state index contributed by atoms with van der Waals surface area (Å²) >= 11 is 4.22. The summed E-state index contributed by atoms with van der Waals surface area (Å²) in [7, 11) is 2.03. The number of benzene rings is 1. The molecule has 0 saturated carbocycles. The molecule has 0 aliphatic rings. The summed E-state index contributed by atoms with van der Waals surface area (Å²) in [4.78, 5) is 2.77. The maximum atomic E-state index is 3.35. The number of halogens is 1. The lowest BCUT2D eigenvalue weighted by molar-refractivity contribution is 0.586. The minimum absolute atomic E-state index is 0.484. The van der Waals surface area contributed by atoms with Gasteiger partial charge in [-0.1, -0.05) is 19.1 Å². The van der Waals surface area contributed by atoms with Crippen LogP contribution in [0.2, 0.25) is 0 Å². The number of hydrogen-bond acceptors (Lipinski definition) is 2. The van der Waals surface area contributed by atoms with Crippen LogP contribution >= 0.6 is 33.9 Å². The van der Waals surface area contributed by atoms with Gasteiger partial charge in [0, 0.05) is 19.4 Å². The van der Waals surface area contributed by atoms with Crippen LogP contribution in [0.4, 0.5) is 0 Å². The Bertz CT molecular complexity index is 471. The second kappa shape index (κ2) is 5.98. The maximum Gasteiger partial charge on any atom is 0.0409 e. The molecular formula is C14H16INS. The van der Waals surface area contributed by atoms with Crippen molar-refractivity contribution < 1.29 is 0 Å². The molecule has 1 N–H and O–H groups in total. The first-order valence-corrected chi connectivity index (χ1v) is 7.67. The molecule has 90 valence electrons. The summed E-state index contributed by atoms with van der Waals surface area (Å²) in [5.74, 6) is 0. The van der Waals surface area contributed by atoms with Gasteiger partial charge in [0.2, 0.25) is 0 Å². The molecule has 1 atom stereocenters. The Labute approximate surface area is 120 Å². The van der Waals surface area contributed by atoms with Gasteiger partial charge in [0.15, 0.2) is 0 Å². The van der Waals surface area contributed by atoms with Crippen molar-refractivity contribution >= 4 is 33.9 Å². The molecule has 3 heteroatoms. The lowest BCUT2D eigenvalue weighted by atomic mass is 10.1. The van der Waals surface area contributed by atoms with Crippen LogP contribution in [0.3, 0.4) is 0 Å². The fraction of sp³-hybridized carbons (Fsp3) is 0.286. The standard InChI is InChI=1S/C14H16INS/c1-3-12(16-2)14-9-8-13(17-14)10-4-6-11(15)7-5-10/h4-9,12,16H,3H2,1-2H3. The molecule has 1 heterocycles. The molecule has 0 bridgehead atoms. The van der Waals surface area contributed by atoms with Gasteiger partial charge in [0.05, 0.1) is 0 Å². The van der Waals surface area contributed by atoms with Crippen LogP contribution in [-0.2, 0) is 0 Å². The molecule has 0 radical (unpaired) electrons. The molecular weight excluding hydrogens is 341 g/mol. The molecule has 2 rings (SSSR count). The number of rotatable bonds is 4. The molecule has 1 nitrogen and oxygen atoms in total. The summed E-state index contributed by atoms with van der Waals surface area (Å²) in [6.45, 7) is 2.21. The summed E-state index contributed by atoms with van der Waals surface area (Å²) in [5, 5.41) is 3.35. The van der Waals surface area contributed by atoms with Gasteiger partial charge < -0.3 is 5.32 Å². The Kier molecular flexibility index (Phi) is 4.59. The third-order valence-electron chi connectivity index (χ3n) is 2.86. The second-order valence-electron chi connectivity index (χ2n) is 3.96. The monoisotopic (exact) mass is 357 g/mol. The van der Waals surface area contributed by atoms with E-state index in [1.54, 1.807) is 0 Å². The van der Waals surface area contributed by atoms with E-state index in [4.69, 9.17) is 0 Å². The van der Waals surface area contributed by atoms with E-state index in [9.17, 15) is 0 Å². The van der Waals surface area contributed by atoms with Gasteiger partial charge in [-0.3, -0.25) is 0 Å². The molecule has 2 aromatic rings. The third-order valence-corrected chi connectivity index (χ3v) is 4.82. The van der Waals surface area contributed by atoms with Crippen molar-refractivity contribution in [2.24, 2.45) is 0 Å². The molecule has 0 saturated heterocycles. The average Bonchev–Trinajstić information content (AvgIpc) is 2.81. The van der Waals surface area contributed by atoms with Crippen molar-refractivity contribution in [1.29, 1.82) is 0 Å². The minimum Gasteiger partial charge on any atom is -0.312 e. The number of thiophene rings is 1. The van der Waals surface area contributed by atoms with E-state index in [1.807, 2.05) is 18.4 Å². The first kappa shape index (κ1) is 13.1. The van der Waals surface area contributed by atoms with E-state index in [-0.39, 0.29) is 0 Å². The topological polar surface area (TPSA) is 12.0 Å². The Morgan fingerprint density at radius 1 is 1.18 bits per heavy atom. The lowest BCUT2D eigenvalue weighted by Crippen LogP contribution is -2.13. The highest BCUT2D eigenvalue weighted by molar-refractivity contribution is 14.1.